The third kappa shape index (κ3) is 7.28. The van der Waals surface area contributed by atoms with Crippen molar-refractivity contribution in [1.29, 1.82) is 0 Å². The van der Waals surface area contributed by atoms with Gasteiger partial charge in [0.15, 0.2) is 0 Å². The number of aliphatic hydroxyl groups excluding tert-OH is 1. The Morgan fingerprint density at radius 1 is 1.19 bits per heavy atom. The van der Waals surface area contributed by atoms with Crippen LogP contribution in [0.25, 0.3) is 0 Å². The molecule has 3 aliphatic rings. The predicted octanol–water partition coefficient (Wildman–Crippen LogP) is 4.71. The van der Waals surface area contributed by atoms with E-state index in [-0.39, 0.29) is 42.1 Å². The van der Waals surface area contributed by atoms with Gasteiger partial charge in [0.2, 0.25) is 17.7 Å². The van der Waals surface area contributed by atoms with Gasteiger partial charge in [-0.05, 0) is 58.4 Å². The lowest BCUT2D eigenvalue weighted by atomic mass is 9.70. The van der Waals surface area contributed by atoms with Gasteiger partial charge in [0, 0.05) is 23.3 Å². The number of amides is 3. The minimum absolute atomic E-state index is 0.118. The molecule has 264 valence electrons. The fraction of sp³-hybridized carbons (Fsp3) is 0.622. The summed E-state index contributed by atoms with van der Waals surface area (Å²) in [7, 11) is 0. The summed E-state index contributed by atoms with van der Waals surface area (Å²) < 4.78 is 13.0. The molecule has 3 aliphatic heterocycles. The number of hydrogen-bond acceptors (Lipinski definition) is 7. The molecule has 3 saturated heterocycles. The largest absolute Gasteiger partial charge is 0.455 e. The number of nitrogens with one attached hydrogen (secondary N) is 1. The van der Waals surface area contributed by atoms with Crippen molar-refractivity contribution in [2.24, 2.45) is 17.8 Å². The van der Waals surface area contributed by atoms with Crippen molar-refractivity contribution in [2.45, 2.75) is 114 Å². The number of ether oxygens (including phenoxy) is 2. The number of rotatable bonds is 15. The van der Waals surface area contributed by atoms with Gasteiger partial charge in [0.05, 0.1) is 36.6 Å². The van der Waals surface area contributed by atoms with E-state index in [1.807, 2.05) is 65.0 Å². The molecule has 1 unspecified atom stereocenters. The standard InChI is InChI=1S/C37H52BrN3O7/c1-9-11-17-27(43)39-23(5)30(24-15-13-12-14-16-24)47-35(46)28-29-33(44)41(25(21-42)19-22(3)4)32(37(29)20-26(38)31(28)48-37)34(45)40(18-10-2)36(6,7)8/h9-10,12-16,22-23,25-26,28-32,42H,1-2,11,17-21H2,3-8H3,(H,39,43)/t23-,25-,26?,28-,29+,30-,31-,32-,37+/m1/s1. The Labute approximate surface area is 293 Å². The van der Waals surface area contributed by atoms with Gasteiger partial charge < -0.3 is 29.7 Å². The van der Waals surface area contributed by atoms with E-state index in [0.717, 1.165) is 0 Å². The van der Waals surface area contributed by atoms with Gasteiger partial charge in [-0.3, -0.25) is 19.2 Å². The van der Waals surface area contributed by atoms with Crippen LogP contribution in [0.2, 0.25) is 0 Å². The number of fused-ring (bicyclic) bond motifs is 1. The van der Waals surface area contributed by atoms with Crippen molar-refractivity contribution >= 4 is 39.6 Å². The SMILES string of the molecule is C=CCCC(=O)N[C@H](C)[C@@H](OC(=O)[C@H]1[C@@H]2O[C@@]3(CC2Br)[C@@H]1C(=O)N([C@@H](CO)CC(C)C)[C@@H]3C(=O)N(CC=C)C(C)(C)C)c1ccccc1. The topological polar surface area (TPSA) is 125 Å². The molecule has 10 nitrogen and oxygen atoms in total. The van der Waals surface area contributed by atoms with Crippen LogP contribution in [0.5, 0.6) is 0 Å². The second kappa shape index (κ2) is 15.3. The molecule has 48 heavy (non-hydrogen) atoms. The summed E-state index contributed by atoms with van der Waals surface area (Å²) in [6, 6.07) is 6.84. The Bertz CT molecular complexity index is 1360. The van der Waals surface area contributed by atoms with Crippen LogP contribution in [0.1, 0.15) is 78.9 Å². The van der Waals surface area contributed by atoms with Crippen molar-refractivity contribution in [3.05, 3.63) is 61.2 Å². The summed E-state index contributed by atoms with van der Waals surface area (Å²) in [5, 5.41) is 13.6. The maximum Gasteiger partial charge on any atom is 0.313 e. The van der Waals surface area contributed by atoms with Crippen molar-refractivity contribution in [1.82, 2.24) is 15.1 Å². The molecule has 1 spiro atoms. The van der Waals surface area contributed by atoms with E-state index in [1.165, 1.54) is 4.90 Å². The van der Waals surface area contributed by atoms with E-state index in [4.69, 9.17) is 9.47 Å². The minimum atomic E-state index is -1.32. The first kappa shape index (κ1) is 37.8. The van der Waals surface area contributed by atoms with E-state index < -0.39 is 65.2 Å². The van der Waals surface area contributed by atoms with Crippen LogP contribution in [0.3, 0.4) is 0 Å². The average molecular weight is 731 g/mol. The third-order valence-corrected chi connectivity index (χ3v) is 10.6. The number of likely N-dealkylation sites (tertiary alicyclic amines) is 1. The Morgan fingerprint density at radius 2 is 1.85 bits per heavy atom. The van der Waals surface area contributed by atoms with Gasteiger partial charge in [-0.25, -0.2) is 0 Å². The quantitative estimate of drug-likeness (QED) is 0.152. The lowest BCUT2D eigenvalue weighted by molar-refractivity contribution is -0.163. The highest BCUT2D eigenvalue weighted by Gasteiger charge is 2.77. The maximum absolute atomic E-state index is 14.7. The number of aliphatic hydroxyl groups is 1. The number of allylic oxidation sites excluding steroid dienone is 1. The molecular weight excluding hydrogens is 678 g/mol. The highest BCUT2D eigenvalue weighted by Crippen LogP contribution is 2.61. The highest BCUT2D eigenvalue weighted by atomic mass is 79.9. The number of carbonyl (C=O) groups is 4. The monoisotopic (exact) mass is 729 g/mol. The molecule has 3 amide bonds. The lowest BCUT2D eigenvalue weighted by Crippen LogP contribution is -2.62. The molecule has 0 saturated carbocycles. The summed E-state index contributed by atoms with van der Waals surface area (Å²) in [4.78, 5) is 59.4. The molecule has 0 aliphatic carbocycles. The van der Waals surface area contributed by atoms with Crippen LogP contribution in [-0.2, 0) is 28.7 Å². The Balaban J connectivity index is 1.76. The third-order valence-electron chi connectivity index (χ3n) is 9.76. The van der Waals surface area contributed by atoms with Crippen molar-refractivity contribution < 1.29 is 33.8 Å². The number of alkyl halides is 1. The van der Waals surface area contributed by atoms with Gasteiger partial charge in [-0.2, -0.15) is 0 Å². The highest BCUT2D eigenvalue weighted by molar-refractivity contribution is 9.09. The van der Waals surface area contributed by atoms with Crippen LogP contribution in [-0.4, -0.2) is 91.9 Å². The molecule has 3 heterocycles. The zero-order chi connectivity index (χ0) is 35.6. The zero-order valence-electron chi connectivity index (χ0n) is 29.1. The Kier molecular flexibility index (Phi) is 12.0. The molecule has 11 heteroatoms. The van der Waals surface area contributed by atoms with Crippen LogP contribution in [0.4, 0.5) is 0 Å². The summed E-state index contributed by atoms with van der Waals surface area (Å²) in [5.41, 5.74) is -1.25. The second-order valence-electron chi connectivity index (χ2n) is 14.7. The molecule has 1 aromatic carbocycles. The second-order valence-corrected chi connectivity index (χ2v) is 15.9. The van der Waals surface area contributed by atoms with Crippen molar-refractivity contribution in [3.8, 4) is 0 Å². The van der Waals surface area contributed by atoms with Crippen LogP contribution in [0.15, 0.2) is 55.6 Å². The van der Waals surface area contributed by atoms with Gasteiger partial charge in [-0.15, -0.1) is 13.2 Å². The van der Waals surface area contributed by atoms with E-state index in [2.05, 4.69) is 34.4 Å². The summed E-state index contributed by atoms with van der Waals surface area (Å²) in [6.45, 7) is 19.0. The molecule has 1 aromatic rings. The van der Waals surface area contributed by atoms with Crippen molar-refractivity contribution in [3.63, 3.8) is 0 Å². The van der Waals surface area contributed by atoms with Gasteiger partial charge in [-0.1, -0.05) is 72.3 Å². The number of benzene rings is 1. The van der Waals surface area contributed by atoms with Crippen LogP contribution in [0, 0.1) is 17.8 Å². The normalized spacial score (nSPS) is 28.1. The summed E-state index contributed by atoms with van der Waals surface area (Å²) in [5.74, 6) is -3.45. The molecule has 0 radical (unpaired) electrons. The summed E-state index contributed by atoms with van der Waals surface area (Å²) >= 11 is 3.73. The number of hydrogen-bond donors (Lipinski definition) is 2. The number of carbonyl (C=O) groups excluding carboxylic acids is 4. The molecule has 0 aromatic heterocycles. The molecule has 2 bridgehead atoms. The first-order valence-electron chi connectivity index (χ1n) is 17.0. The van der Waals surface area contributed by atoms with E-state index in [9.17, 15) is 24.3 Å². The van der Waals surface area contributed by atoms with E-state index in [0.29, 0.717) is 24.8 Å². The fourth-order valence-electron chi connectivity index (χ4n) is 7.74. The number of esters is 1. The predicted molar refractivity (Wildman–Crippen MR) is 187 cm³/mol. The molecule has 3 fully saturated rings. The van der Waals surface area contributed by atoms with Crippen LogP contribution < -0.4 is 5.32 Å². The first-order valence-corrected chi connectivity index (χ1v) is 17.9. The van der Waals surface area contributed by atoms with Gasteiger partial charge in [0.1, 0.15) is 17.7 Å². The average Bonchev–Trinajstić information content (AvgIpc) is 3.62. The Hall–Kier alpha value is -3.02. The number of nitrogens with zero attached hydrogens (tertiary/aromatic N) is 2. The van der Waals surface area contributed by atoms with E-state index >= 15 is 0 Å². The number of halogens is 1. The zero-order valence-corrected chi connectivity index (χ0v) is 30.6. The van der Waals surface area contributed by atoms with Gasteiger partial charge >= 0.3 is 5.97 Å². The van der Waals surface area contributed by atoms with Crippen LogP contribution >= 0.6 is 15.9 Å². The van der Waals surface area contributed by atoms with E-state index in [1.54, 1.807) is 24.0 Å². The first-order chi connectivity index (χ1) is 22.6. The molecule has 4 rings (SSSR count). The Morgan fingerprint density at radius 3 is 2.42 bits per heavy atom. The van der Waals surface area contributed by atoms with Crippen molar-refractivity contribution in [2.75, 3.05) is 13.2 Å². The molecule has 9 atom stereocenters. The summed E-state index contributed by atoms with van der Waals surface area (Å²) in [6.07, 6.45) is 3.29. The molecular formula is C37H52BrN3O7. The maximum atomic E-state index is 14.7. The smallest absolute Gasteiger partial charge is 0.313 e. The minimum Gasteiger partial charge on any atom is -0.455 e. The molecule has 2 N–H and O–H groups in total. The fourth-order valence-corrected chi connectivity index (χ4v) is 8.68. The van der Waals surface area contributed by atoms with Gasteiger partial charge in [0.25, 0.3) is 0 Å². The lowest BCUT2D eigenvalue weighted by Gasteiger charge is -2.43.